The Morgan fingerprint density at radius 3 is 2.60 bits per heavy atom. The van der Waals surface area contributed by atoms with Crippen LogP contribution in [0.2, 0.25) is 0 Å². The Bertz CT molecular complexity index is 847. The summed E-state index contributed by atoms with van der Waals surface area (Å²) in [5, 5.41) is 0. The maximum atomic E-state index is 13.8. The summed E-state index contributed by atoms with van der Waals surface area (Å²) in [7, 11) is 0. The number of rotatable bonds is 4. The summed E-state index contributed by atoms with van der Waals surface area (Å²) in [6.45, 7) is 5.90. The molecule has 0 saturated carbocycles. The van der Waals surface area contributed by atoms with Crippen molar-refractivity contribution in [1.82, 2.24) is 14.8 Å². The second-order valence-electron chi connectivity index (χ2n) is 6.52. The quantitative estimate of drug-likeness (QED) is 0.923. The van der Waals surface area contributed by atoms with Gasteiger partial charge in [-0.15, -0.1) is 0 Å². The maximum Gasteiger partial charge on any atom is 0.237 e. The van der Waals surface area contributed by atoms with E-state index in [1.54, 1.807) is 43.1 Å². The lowest BCUT2D eigenvalue weighted by molar-refractivity contribution is -0.136. The predicted octanol–water partition coefficient (Wildman–Crippen LogP) is 1.98. The molecule has 0 bridgehead atoms. The molecule has 0 unspecified atom stereocenters. The molecule has 0 atom stereocenters. The predicted molar refractivity (Wildman–Crippen MR) is 93.6 cm³/mol. The number of amides is 1. The number of H-pyrrole nitrogens is 1. The van der Waals surface area contributed by atoms with Gasteiger partial charge in [0.1, 0.15) is 5.82 Å². The fourth-order valence-electron chi connectivity index (χ4n) is 3.08. The molecular formula is C19H22FN3O2. The topological polar surface area (TPSA) is 56.4 Å². The van der Waals surface area contributed by atoms with Crippen LogP contribution < -0.4 is 5.43 Å². The Morgan fingerprint density at radius 2 is 1.88 bits per heavy atom. The lowest BCUT2D eigenvalue weighted by Gasteiger charge is -2.34. The SMILES string of the molecule is Cc1c[nH]c(CN2CCN(Cc3ccccc3F)C(=O)C2)c(C)c1=O. The summed E-state index contributed by atoms with van der Waals surface area (Å²) in [4.78, 5) is 31.3. The van der Waals surface area contributed by atoms with Crippen molar-refractivity contribution in [2.45, 2.75) is 26.9 Å². The van der Waals surface area contributed by atoms with E-state index < -0.39 is 0 Å². The van der Waals surface area contributed by atoms with E-state index in [2.05, 4.69) is 4.98 Å². The van der Waals surface area contributed by atoms with E-state index in [1.165, 1.54) is 6.07 Å². The van der Waals surface area contributed by atoms with Gasteiger partial charge in [-0.05, 0) is 19.9 Å². The van der Waals surface area contributed by atoms with E-state index >= 15 is 0 Å². The number of hydrogen-bond acceptors (Lipinski definition) is 3. The van der Waals surface area contributed by atoms with Crippen LogP contribution in [-0.4, -0.2) is 40.3 Å². The van der Waals surface area contributed by atoms with Crippen molar-refractivity contribution < 1.29 is 9.18 Å². The summed E-state index contributed by atoms with van der Waals surface area (Å²) < 4.78 is 13.8. The van der Waals surface area contributed by atoms with Gasteiger partial charge in [0.2, 0.25) is 5.91 Å². The smallest absolute Gasteiger partial charge is 0.237 e. The molecule has 1 aliphatic heterocycles. The minimum Gasteiger partial charge on any atom is -0.363 e. The number of aryl methyl sites for hydroxylation is 1. The van der Waals surface area contributed by atoms with Gasteiger partial charge in [-0.3, -0.25) is 14.5 Å². The molecule has 0 aliphatic carbocycles. The molecule has 1 N–H and O–H groups in total. The normalized spacial score (nSPS) is 15.6. The van der Waals surface area contributed by atoms with Crippen LogP contribution in [0.4, 0.5) is 4.39 Å². The number of hydrogen-bond donors (Lipinski definition) is 1. The molecule has 1 aliphatic rings. The Labute approximate surface area is 146 Å². The van der Waals surface area contributed by atoms with Gasteiger partial charge in [0.05, 0.1) is 6.54 Å². The van der Waals surface area contributed by atoms with Gasteiger partial charge in [0.15, 0.2) is 5.43 Å². The first kappa shape index (κ1) is 17.4. The highest BCUT2D eigenvalue weighted by atomic mass is 19.1. The van der Waals surface area contributed by atoms with E-state index in [1.807, 2.05) is 4.90 Å². The summed E-state index contributed by atoms with van der Waals surface area (Å²) in [5.74, 6) is -0.313. The van der Waals surface area contributed by atoms with Gasteiger partial charge >= 0.3 is 0 Å². The molecule has 0 spiro atoms. The molecule has 25 heavy (non-hydrogen) atoms. The average molecular weight is 343 g/mol. The van der Waals surface area contributed by atoms with Gasteiger partial charge in [0, 0.05) is 54.8 Å². The van der Waals surface area contributed by atoms with Gasteiger partial charge in [-0.2, -0.15) is 0 Å². The second kappa shape index (κ2) is 7.19. The largest absolute Gasteiger partial charge is 0.363 e. The molecular weight excluding hydrogens is 321 g/mol. The van der Waals surface area contributed by atoms with Crippen molar-refractivity contribution in [3.8, 4) is 0 Å². The molecule has 6 heteroatoms. The molecule has 3 rings (SSSR count). The first-order chi connectivity index (χ1) is 12.0. The minimum atomic E-state index is -0.286. The van der Waals surface area contributed by atoms with E-state index in [9.17, 15) is 14.0 Å². The molecule has 2 heterocycles. The molecule has 1 aromatic carbocycles. The maximum absolute atomic E-state index is 13.8. The van der Waals surface area contributed by atoms with E-state index in [4.69, 9.17) is 0 Å². The van der Waals surface area contributed by atoms with E-state index in [0.717, 1.165) is 5.69 Å². The molecule has 1 saturated heterocycles. The van der Waals surface area contributed by atoms with Crippen LogP contribution in [0.5, 0.6) is 0 Å². The second-order valence-corrected chi connectivity index (χ2v) is 6.52. The van der Waals surface area contributed by atoms with Crippen LogP contribution in [0.1, 0.15) is 22.4 Å². The molecule has 0 radical (unpaired) electrons. The number of benzene rings is 1. The number of carbonyl (C=O) groups excluding carboxylic acids is 1. The first-order valence-corrected chi connectivity index (χ1v) is 8.37. The van der Waals surface area contributed by atoms with Crippen LogP contribution in [0.25, 0.3) is 0 Å². The van der Waals surface area contributed by atoms with Crippen molar-refractivity contribution in [1.29, 1.82) is 0 Å². The molecule has 5 nitrogen and oxygen atoms in total. The van der Waals surface area contributed by atoms with Crippen LogP contribution in [0.3, 0.4) is 0 Å². The lowest BCUT2D eigenvalue weighted by atomic mass is 10.1. The minimum absolute atomic E-state index is 0.0263. The van der Waals surface area contributed by atoms with Crippen LogP contribution in [-0.2, 0) is 17.9 Å². The number of carbonyl (C=O) groups is 1. The number of aromatic nitrogens is 1. The van der Waals surface area contributed by atoms with Gasteiger partial charge in [0.25, 0.3) is 0 Å². The summed E-state index contributed by atoms with van der Waals surface area (Å²) in [6, 6.07) is 6.53. The third kappa shape index (κ3) is 3.79. The van der Waals surface area contributed by atoms with Crippen LogP contribution >= 0.6 is 0 Å². The monoisotopic (exact) mass is 343 g/mol. The zero-order valence-corrected chi connectivity index (χ0v) is 14.5. The zero-order valence-electron chi connectivity index (χ0n) is 14.5. The van der Waals surface area contributed by atoms with Gasteiger partial charge < -0.3 is 9.88 Å². The number of halogens is 1. The standard InChI is InChI=1S/C19H22FN3O2/c1-13-9-21-17(14(2)19(13)25)11-22-7-8-23(18(24)12-22)10-15-5-3-4-6-16(15)20/h3-6,9H,7-8,10-12H2,1-2H3,(H,21,25). The molecule has 1 amide bonds. The highest BCUT2D eigenvalue weighted by Gasteiger charge is 2.25. The van der Waals surface area contributed by atoms with Gasteiger partial charge in [-0.1, -0.05) is 18.2 Å². The fraction of sp³-hybridized carbons (Fsp3) is 0.368. The highest BCUT2D eigenvalue weighted by Crippen LogP contribution is 2.14. The van der Waals surface area contributed by atoms with Crippen molar-refractivity contribution in [2.24, 2.45) is 0 Å². The average Bonchev–Trinajstić information content (AvgIpc) is 2.59. The number of nitrogens with zero attached hydrogens (tertiary/aromatic N) is 2. The van der Waals surface area contributed by atoms with Gasteiger partial charge in [-0.25, -0.2) is 4.39 Å². The Hall–Kier alpha value is -2.47. The summed E-state index contributed by atoms with van der Waals surface area (Å²) in [6.07, 6.45) is 1.71. The van der Waals surface area contributed by atoms with Crippen molar-refractivity contribution in [3.63, 3.8) is 0 Å². The lowest BCUT2D eigenvalue weighted by Crippen LogP contribution is -2.49. The van der Waals surface area contributed by atoms with Crippen molar-refractivity contribution >= 4 is 5.91 Å². The Balaban J connectivity index is 1.64. The number of piperazine rings is 1. The molecule has 1 fully saturated rings. The molecule has 2 aromatic rings. The van der Waals surface area contributed by atoms with E-state index in [-0.39, 0.29) is 23.7 Å². The third-order valence-electron chi connectivity index (χ3n) is 4.71. The van der Waals surface area contributed by atoms with Crippen molar-refractivity contribution in [3.05, 3.63) is 68.9 Å². The number of pyridine rings is 1. The third-order valence-corrected chi connectivity index (χ3v) is 4.71. The van der Waals surface area contributed by atoms with Crippen LogP contribution in [0, 0.1) is 19.7 Å². The Morgan fingerprint density at radius 1 is 1.12 bits per heavy atom. The Kier molecular flexibility index (Phi) is 4.99. The summed E-state index contributed by atoms with van der Waals surface area (Å²) >= 11 is 0. The summed E-state index contributed by atoms with van der Waals surface area (Å²) in [5.41, 5.74) is 2.79. The zero-order chi connectivity index (χ0) is 18.0. The number of nitrogens with one attached hydrogen (secondary N) is 1. The number of aromatic amines is 1. The van der Waals surface area contributed by atoms with Crippen LogP contribution in [0.15, 0.2) is 35.3 Å². The van der Waals surface area contributed by atoms with E-state index in [0.29, 0.717) is 42.9 Å². The molecule has 1 aromatic heterocycles. The fourth-order valence-corrected chi connectivity index (χ4v) is 3.08. The first-order valence-electron chi connectivity index (χ1n) is 8.37. The highest BCUT2D eigenvalue weighted by molar-refractivity contribution is 5.79. The molecule has 132 valence electrons. The van der Waals surface area contributed by atoms with Crippen molar-refractivity contribution in [2.75, 3.05) is 19.6 Å².